The van der Waals surface area contributed by atoms with Gasteiger partial charge in [-0.15, -0.1) is 12.6 Å². The Morgan fingerprint density at radius 3 is 1.17 bits per heavy atom. The van der Waals surface area contributed by atoms with Crippen LogP contribution in [-0.4, -0.2) is 0 Å². The van der Waals surface area contributed by atoms with Crippen LogP contribution in [-0.2, 0) is 24.0 Å². The van der Waals surface area contributed by atoms with Crippen molar-refractivity contribution in [2.75, 3.05) is 0 Å². The second-order valence-electron chi connectivity index (χ2n) is 0.399. The average molecular weight is 205 g/mol. The molecular weight excluding hydrogens is 205 g/mol. The van der Waals surface area contributed by atoms with Gasteiger partial charge in [0.2, 0.25) is 0 Å². The van der Waals surface area contributed by atoms with E-state index in [4.69, 9.17) is 4.57 Å². The van der Waals surface area contributed by atoms with E-state index in [2.05, 4.69) is 0 Å². The molecule has 0 N–H and O–H groups in total. The van der Waals surface area contributed by atoms with Crippen molar-refractivity contribution >= 4 is 8.07 Å². The fourth-order valence-electron chi connectivity index (χ4n) is 0. The van der Waals surface area contributed by atoms with Crippen molar-refractivity contribution in [3.05, 3.63) is 0 Å². The first-order chi connectivity index (χ1) is 2.00. The first-order valence-corrected chi connectivity index (χ1v) is 2.07. The third-order valence-corrected chi connectivity index (χ3v) is 0. The molecule has 0 aromatic rings. The molecule has 0 aromatic heterocycles. The minimum Gasteiger partial charge on any atom is -0.215 e. The summed E-state index contributed by atoms with van der Waals surface area (Å²) in [5, 5.41) is 0. The van der Waals surface area contributed by atoms with Gasteiger partial charge in [0.05, 0.1) is 0 Å². The zero-order chi connectivity index (χ0) is 4.50. The molecule has 0 amide bonds. The molecule has 0 heterocycles. The largest absolute Gasteiger partial charge is 0.591 e. The average Bonchev–Trinajstić information content (AvgIpc) is 0.722. The monoisotopic (exact) mass is 206 g/mol. The van der Waals surface area contributed by atoms with E-state index in [1.165, 1.54) is 0 Å². The normalized spacial score (nSPS) is 9.83. The minimum atomic E-state index is -6.14. The van der Waals surface area contributed by atoms with Crippen molar-refractivity contribution in [3.8, 4) is 0 Å². The van der Waals surface area contributed by atoms with Crippen LogP contribution < -0.4 is 0 Å². The summed E-state index contributed by atoms with van der Waals surface area (Å²) < 4.78 is 37.9. The van der Waals surface area contributed by atoms with E-state index in [0.717, 1.165) is 0 Å². The van der Waals surface area contributed by atoms with E-state index < -0.39 is 8.07 Å². The number of hydrogen-bond acceptors (Lipinski definition) is 1. The summed E-state index contributed by atoms with van der Waals surface area (Å²) in [4.78, 5) is 0. The molecule has 0 spiro atoms. The van der Waals surface area contributed by atoms with Crippen molar-refractivity contribution in [3.63, 3.8) is 0 Å². The molecule has 0 fully saturated rings. The summed E-state index contributed by atoms with van der Waals surface area (Å²) in [5.41, 5.74) is 0. The van der Waals surface area contributed by atoms with E-state index in [0.29, 0.717) is 0 Å². The number of rotatable bonds is 0. The number of halogens is 3. The maximum absolute atomic E-state index is 9.91. The fourth-order valence-corrected chi connectivity index (χ4v) is 0. The number of hydrogen-bond donors (Lipinski definition) is 0. The van der Waals surface area contributed by atoms with Crippen molar-refractivity contribution in [2.24, 2.45) is 0 Å². The molecule has 0 aliphatic carbocycles. The first-order valence-electron chi connectivity index (χ1n) is 0.690. The minimum absolute atomic E-state index is 0. The van der Waals surface area contributed by atoms with E-state index in [1.807, 2.05) is 0 Å². The van der Waals surface area contributed by atoms with Crippen LogP contribution in [0.4, 0.5) is 12.6 Å². The van der Waals surface area contributed by atoms with Crippen molar-refractivity contribution < 1.29 is 36.6 Å². The van der Waals surface area contributed by atoms with Gasteiger partial charge in [0.25, 0.3) is 0 Å². The molecule has 40 valence electrons. The Hall–Kier alpha value is 0.643. The maximum atomic E-state index is 9.91. The molecule has 0 rings (SSSR count). The molecule has 0 saturated carbocycles. The van der Waals surface area contributed by atoms with E-state index >= 15 is 0 Å². The van der Waals surface area contributed by atoms with Crippen molar-refractivity contribution in [2.45, 2.75) is 0 Å². The molecule has 6 heavy (non-hydrogen) atoms. The van der Waals surface area contributed by atoms with Crippen molar-refractivity contribution in [1.29, 1.82) is 0 Å². The standard InChI is InChI=1S/F3OP.Ru/c1-5(2,3)4;. The van der Waals surface area contributed by atoms with Crippen LogP contribution in [0.1, 0.15) is 0 Å². The second kappa shape index (κ2) is 2.76. The topological polar surface area (TPSA) is 17.1 Å². The Kier molecular flexibility index (Phi) is 4.51. The van der Waals surface area contributed by atoms with Crippen molar-refractivity contribution in [1.82, 2.24) is 0 Å². The Morgan fingerprint density at radius 2 is 1.17 bits per heavy atom. The first kappa shape index (κ1) is 9.81. The quantitative estimate of drug-likeness (QED) is 0.436. The van der Waals surface area contributed by atoms with Crippen LogP contribution in [0, 0.1) is 0 Å². The van der Waals surface area contributed by atoms with Gasteiger partial charge in [-0.1, -0.05) is 0 Å². The summed E-state index contributed by atoms with van der Waals surface area (Å²) in [6.45, 7) is 0. The molecule has 0 radical (unpaired) electrons. The predicted octanol–water partition coefficient (Wildman–Crippen LogP) is 2.00. The molecule has 0 saturated heterocycles. The SMILES string of the molecule is O=P(F)(F)F.[Ru]. The molecule has 6 heteroatoms. The summed E-state index contributed by atoms with van der Waals surface area (Å²) in [7, 11) is -6.14. The van der Waals surface area contributed by atoms with Gasteiger partial charge < -0.3 is 0 Å². The molecule has 0 aromatic carbocycles. The Labute approximate surface area is 45.4 Å². The van der Waals surface area contributed by atoms with Crippen LogP contribution in [0.2, 0.25) is 0 Å². The molecule has 0 aliphatic rings. The second-order valence-corrected chi connectivity index (χ2v) is 1.20. The van der Waals surface area contributed by atoms with E-state index in [-0.39, 0.29) is 19.5 Å². The maximum Gasteiger partial charge on any atom is 0.591 e. The third kappa shape index (κ3) is 149. The molecule has 1 nitrogen and oxygen atoms in total. The van der Waals surface area contributed by atoms with Gasteiger partial charge in [0.15, 0.2) is 0 Å². The molecule has 0 aliphatic heterocycles. The van der Waals surface area contributed by atoms with Crippen LogP contribution in [0.5, 0.6) is 0 Å². The van der Waals surface area contributed by atoms with Crippen LogP contribution >= 0.6 is 8.07 Å². The Morgan fingerprint density at radius 1 is 1.17 bits per heavy atom. The molecule has 0 atom stereocenters. The van der Waals surface area contributed by atoms with E-state index in [9.17, 15) is 12.6 Å². The van der Waals surface area contributed by atoms with Gasteiger partial charge in [-0.2, -0.15) is 0 Å². The van der Waals surface area contributed by atoms with Gasteiger partial charge in [-0.05, 0) is 0 Å². The van der Waals surface area contributed by atoms with Gasteiger partial charge in [0.1, 0.15) is 0 Å². The zero-order valence-corrected chi connectivity index (χ0v) is 4.98. The smallest absolute Gasteiger partial charge is 0.215 e. The van der Waals surface area contributed by atoms with Gasteiger partial charge in [-0.25, -0.2) is 4.57 Å². The van der Waals surface area contributed by atoms with E-state index in [1.54, 1.807) is 0 Å². The predicted molar refractivity (Wildman–Crippen MR) is 10.9 cm³/mol. The van der Waals surface area contributed by atoms with Gasteiger partial charge in [-0.3, -0.25) is 0 Å². The Bertz CT molecular complexity index is 56.9. The summed E-state index contributed by atoms with van der Waals surface area (Å²) in [5.74, 6) is 0. The van der Waals surface area contributed by atoms with Gasteiger partial charge >= 0.3 is 8.07 Å². The summed E-state index contributed by atoms with van der Waals surface area (Å²) >= 11 is 0. The van der Waals surface area contributed by atoms with Gasteiger partial charge in [0, 0.05) is 19.5 Å². The zero-order valence-electron chi connectivity index (χ0n) is 2.34. The summed E-state index contributed by atoms with van der Waals surface area (Å²) in [6, 6.07) is 0. The molecule has 0 bridgehead atoms. The van der Waals surface area contributed by atoms with Crippen LogP contribution in [0.15, 0.2) is 0 Å². The molecular formula is F3OPRu. The van der Waals surface area contributed by atoms with Crippen LogP contribution in [0.3, 0.4) is 0 Å². The Balaban J connectivity index is 0. The third-order valence-electron chi connectivity index (χ3n) is 0. The molecule has 0 unspecified atom stereocenters. The fraction of sp³-hybridized carbons (Fsp3) is 0. The van der Waals surface area contributed by atoms with Crippen LogP contribution in [0.25, 0.3) is 0 Å². The summed E-state index contributed by atoms with van der Waals surface area (Å²) in [6.07, 6.45) is 0.